The lowest BCUT2D eigenvalue weighted by molar-refractivity contribution is -0.889. The lowest BCUT2D eigenvalue weighted by Crippen LogP contribution is -2.55. The molecular formula is C50H75NO7. The fourth-order valence-corrected chi connectivity index (χ4v) is 5.16. The molecule has 0 saturated carbocycles. The van der Waals surface area contributed by atoms with Crippen LogP contribution in [0.15, 0.2) is 134 Å². The number of allylic oxidation sites excluding steroid dienone is 22. The van der Waals surface area contributed by atoms with Crippen molar-refractivity contribution < 1.29 is 38.2 Å². The summed E-state index contributed by atoms with van der Waals surface area (Å²) in [6.45, 7) is 4.23. The molecule has 8 nitrogen and oxygen atoms in total. The molecule has 0 aliphatic carbocycles. The number of esters is 2. The predicted molar refractivity (Wildman–Crippen MR) is 240 cm³/mol. The van der Waals surface area contributed by atoms with Gasteiger partial charge in [-0.05, 0) is 77.0 Å². The maximum absolute atomic E-state index is 12.7. The van der Waals surface area contributed by atoms with E-state index in [2.05, 4.69) is 92.8 Å². The van der Waals surface area contributed by atoms with Crippen molar-refractivity contribution in [1.29, 1.82) is 0 Å². The summed E-state index contributed by atoms with van der Waals surface area (Å²) in [5, 5.41) is 11.6. The van der Waals surface area contributed by atoms with Gasteiger partial charge in [-0.2, -0.15) is 0 Å². The number of hydrogen-bond acceptors (Lipinski definition) is 7. The molecule has 0 aliphatic heterocycles. The molecule has 8 heteroatoms. The number of ether oxygens (including phenoxy) is 3. The van der Waals surface area contributed by atoms with E-state index in [0.29, 0.717) is 12.8 Å². The number of nitrogens with zero attached hydrogens (tertiary/aromatic N) is 1. The van der Waals surface area contributed by atoms with E-state index in [1.807, 2.05) is 54.7 Å². The number of hydrogen-bond donors (Lipinski definition) is 0. The Kier molecular flexibility index (Phi) is 36.2. The van der Waals surface area contributed by atoms with E-state index in [0.717, 1.165) is 64.2 Å². The molecule has 0 heterocycles. The first-order chi connectivity index (χ1) is 28.1. The zero-order chi connectivity index (χ0) is 42.8. The minimum atomic E-state index is -1.15. The van der Waals surface area contributed by atoms with Gasteiger partial charge >= 0.3 is 11.9 Å². The highest BCUT2D eigenvalue weighted by atomic mass is 16.6. The Morgan fingerprint density at radius 2 is 1.00 bits per heavy atom. The second-order valence-electron chi connectivity index (χ2n) is 14.6. The number of carbonyl (C=O) groups excluding carboxylic acids is 3. The largest absolute Gasteiger partial charge is 0.544 e. The van der Waals surface area contributed by atoms with Gasteiger partial charge in [0, 0.05) is 19.3 Å². The summed E-state index contributed by atoms with van der Waals surface area (Å²) in [6.07, 6.45) is 56.4. The van der Waals surface area contributed by atoms with E-state index in [-0.39, 0.29) is 55.5 Å². The summed E-state index contributed by atoms with van der Waals surface area (Å²) in [5.74, 6) is -1.91. The van der Waals surface area contributed by atoms with Gasteiger partial charge in [-0.1, -0.05) is 148 Å². The average molecular weight is 802 g/mol. The smallest absolute Gasteiger partial charge is 0.306 e. The molecule has 0 N–H and O–H groups in total. The highest BCUT2D eigenvalue weighted by molar-refractivity contribution is 5.70. The number of rotatable bonds is 35. The Morgan fingerprint density at radius 3 is 1.52 bits per heavy atom. The number of carbonyl (C=O) groups is 3. The monoisotopic (exact) mass is 802 g/mol. The van der Waals surface area contributed by atoms with Crippen LogP contribution in [0.1, 0.15) is 110 Å². The van der Waals surface area contributed by atoms with Crippen LogP contribution in [0.3, 0.4) is 0 Å². The summed E-state index contributed by atoms with van der Waals surface area (Å²) in [5.41, 5.74) is 0. The van der Waals surface area contributed by atoms with E-state index >= 15 is 0 Å². The molecule has 0 fully saturated rings. The van der Waals surface area contributed by atoms with Crippen molar-refractivity contribution >= 4 is 17.9 Å². The number of quaternary nitrogens is 1. The SMILES string of the molecule is CC/C=C/C=C/C=C/C=C/C=C/CCCC(=O)OCC(COCCC(C(=O)[O-])[N+](C)(C)C)OC(=O)CCCC/C=C/C/C=C/C/C=C/C/C=C/C/C=C/C/C=C/CC. The molecule has 0 bridgehead atoms. The normalized spacial score (nSPS) is 14.3. The molecule has 0 aromatic rings. The molecular weight excluding hydrogens is 727 g/mol. The van der Waals surface area contributed by atoms with Crippen LogP contribution >= 0.6 is 0 Å². The van der Waals surface area contributed by atoms with Crippen LogP contribution in [0, 0.1) is 0 Å². The number of unbranched alkanes of at least 4 members (excludes halogenated alkanes) is 3. The van der Waals surface area contributed by atoms with Crippen LogP contribution in [0.25, 0.3) is 0 Å². The maximum Gasteiger partial charge on any atom is 0.306 e. The first-order valence-corrected chi connectivity index (χ1v) is 21.3. The third-order valence-corrected chi connectivity index (χ3v) is 8.41. The Hall–Kier alpha value is -4.53. The first-order valence-electron chi connectivity index (χ1n) is 21.3. The van der Waals surface area contributed by atoms with Crippen LogP contribution in [0.5, 0.6) is 0 Å². The Labute approximate surface area is 352 Å². The minimum Gasteiger partial charge on any atom is -0.544 e. The molecule has 0 radical (unpaired) electrons. The van der Waals surface area contributed by atoms with E-state index in [1.54, 1.807) is 21.1 Å². The van der Waals surface area contributed by atoms with Crippen molar-refractivity contribution in [2.45, 2.75) is 122 Å². The second-order valence-corrected chi connectivity index (χ2v) is 14.6. The highest BCUT2D eigenvalue weighted by Crippen LogP contribution is 2.10. The van der Waals surface area contributed by atoms with Crippen molar-refractivity contribution in [3.63, 3.8) is 0 Å². The van der Waals surface area contributed by atoms with E-state index < -0.39 is 18.1 Å². The number of likely N-dealkylation sites (N-methyl/N-ethyl adjacent to an activating group) is 1. The lowest BCUT2D eigenvalue weighted by Gasteiger charge is -2.34. The Balaban J connectivity index is 4.57. The van der Waals surface area contributed by atoms with Gasteiger partial charge in [0.05, 0.1) is 40.3 Å². The zero-order valence-electron chi connectivity index (χ0n) is 36.4. The van der Waals surface area contributed by atoms with Gasteiger partial charge in [0.25, 0.3) is 0 Å². The predicted octanol–water partition coefficient (Wildman–Crippen LogP) is 10.3. The number of aliphatic carboxylic acids is 1. The fraction of sp³-hybridized carbons (Fsp3) is 0.500. The molecule has 322 valence electrons. The quantitative estimate of drug-likeness (QED) is 0.0207. The Morgan fingerprint density at radius 1 is 0.534 bits per heavy atom. The summed E-state index contributed by atoms with van der Waals surface area (Å²) >= 11 is 0. The Bertz CT molecular complexity index is 1400. The van der Waals surface area contributed by atoms with E-state index in [9.17, 15) is 19.5 Å². The van der Waals surface area contributed by atoms with Gasteiger partial charge < -0.3 is 28.6 Å². The van der Waals surface area contributed by atoms with E-state index in [4.69, 9.17) is 14.2 Å². The molecule has 0 spiro atoms. The van der Waals surface area contributed by atoms with Gasteiger partial charge in [-0.3, -0.25) is 9.59 Å². The second kappa shape index (κ2) is 39.3. The van der Waals surface area contributed by atoms with Crippen LogP contribution in [0.2, 0.25) is 0 Å². The average Bonchev–Trinajstić information content (AvgIpc) is 3.18. The summed E-state index contributed by atoms with van der Waals surface area (Å²) in [6, 6.07) is -0.754. The van der Waals surface area contributed by atoms with E-state index in [1.165, 1.54) is 0 Å². The standard InChI is InChI=1S/C50H75NO7/c1-6-8-10-12-14-16-18-20-21-22-23-24-25-26-27-29-31-33-35-37-39-41-49(53)58-46(44-56-43-42-47(50(54)55)51(3,4)5)45-57-48(52)40-38-36-34-32-30-28-19-17-15-13-11-9-7-2/h8-11,13-17,19-21,23-24,26-28,30-34,46-47H,6-7,12,18,22,25,29,35-45H2,1-5H3/b10-8+,11-9+,15-13+,16-14+,19-17+,21-20+,24-23+,27-26+,30-28+,33-31+,34-32+. The topological polar surface area (TPSA) is 102 Å². The third kappa shape index (κ3) is 37.1. The summed E-state index contributed by atoms with van der Waals surface area (Å²) in [7, 11) is 5.34. The molecule has 2 atom stereocenters. The van der Waals surface area contributed by atoms with Crippen LogP contribution in [0.4, 0.5) is 0 Å². The van der Waals surface area contributed by atoms with Gasteiger partial charge in [0.2, 0.25) is 0 Å². The minimum absolute atomic E-state index is 0.0107. The highest BCUT2D eigenvalue weighted by Gasteiger charge is 2.25. The molecule has 2 unspecified atom stereocenters. The first kappa shape index (κ1) is 53.5. The molecule has 0 aromatic carbocycles. The lowest BCUT2D eigenvalue weighted by atomic mass is 10.1. The van der Waals surface area contributed by atoms with Crippen molar-refractivity contribution in [3.8, 4) is 0 Å². The fourth-order valence-electron chi connectivity index (χ4n) is 5.16. The van der Waals surface area contributed by atoms with Gasteiger partial charge in [-0.25, -0.2) is 0 Å². The molecule has 58 heavy (non-hydrogen) atoms. The van der Waals surface area contributed by atoms with Crippen LogP contribution in [-0.4, -0.2) is 75.5 Å². The van der Waals surface area contributed by atoms with Crippen molar-refractivity contribution in [2.24, 2.45) is 0 Å². The molecule has 0 aliphatic rings. The van der Waals surface area contributed by atoms with Crippen molar-refractivity contribution in [2.75, 3.05) is 41.0 Å². The number of carboxylic acid groups (broad SMARTS) is 1. The molecule has 0 rings (SSSR count). The maximum atomic E-state index is 12.7. The van der Waals surface area contributed by atoms with Crippen molar-refractivity contribution in [3.05, 3.63) is 134 Å². The summed E-state index contributed by atoms with van der Waals surface area (Å²) in [4.78, 5) is 36.8. The molecule has 0 saturated heterocycles. The summed E-state index contributed by atoms with van der Waals surface area (Å²) < 4.78 is 17.0. The molecule has 0 aromatic heterocycles. The van der Waals surface area contributed by atoms with Gasteiger partial charge in [0.15, 0.2) is 6.10 Å². The molecule has 0 amide bonds. The van der Waals surface area contributed by atoms with Gasteiger partial charge in [0.1, 0.15) is 12.6 Å². The van der Waals surface area contributed by atoms with Gasteiger partial charge in [-0.15, -0.1) is 0 Å². The number of carboxylic acids is 1. The van der Waals surface area contributed by atoms with Crippen molar-refractivity contribution in [1.82, 2.24) is 0 Å². The third-order valence-electron chi connectivity index (χ3n) is 8.41. The van der Waals surface area contributed by atoms with Crippen LogP contribution in [-0.2, 0) is 28.6 Å². The zero-order valence-corrected chi connectivity index (χ0v) is 36.4. The van der Waals surface area contributed by atoms with Crippen LogP contribution < -0.4 is 5.11 Å².